The quantitative estimate of drug-likeness (QED) is 0.508. The van der Waals surface area contributed by atoms with Gasteiger partial charge in [0.2, 0.25) is 0 Å². The topological polar surface area (TPSA) is 35.5 Å². The van der Waals surface area contributed by atoms with Crippen LogP contribution < -0.4 is 0 Å². The summed E-state index contributed by atoms with van der Waals surface area (Å²) < 4.78 is 9.25. The Hall–Kier alpha value is -1.25. The molecule has 0 aromatic rings. The SMILES string of the molecule is O=COC1=COCC=C1. The van der Waals surface area contributed by atoms with Crippen molar-refractivity contribution in [1.82, 2.24) is 0 Å². The summed E-state index contributed by atoms with van der Waals surface area (Å²) >= 11 is 0. The first kappa shape index (κ1) is 5.88. The van der Waals surface area contributed by atoms with Crippen LogP contribution in [0.1, 0.15) is 0 Å². The highest BCUT2D eigenvalue weighted by molar-refractivity contribution is 5.41. The molecule has 0 atom stereocenters. The van der Waals surface area contributed by atoms with Gasteiger partial charge in [-0.3, -0.25) is 4.79 Å². The predicted octanol–water partition coefficient (Wildman–Crippen LogP) is 0.587. The van der Waals surface area contributed by atoms with Crippen molar-refractivity contribution in [3.63, 3.8) is 0 Å². The molecule has 9 heavy (non-hydrogen) atoms. The van der Waals surface area contributed by atoms with Crippen LogP contribution in [-0.2, 0) is 14.3 Å². The van der Waals surface area contributed by atoms with Gasteiger partial charge in [-0.1, -0.05) is 0 Å². The van der Waals surface area contributed by atoms with Crippen molar-refractivity contribution in [2.24, 2.45) is 0 Å². The van der Waals surface area contributed by atoms with E-state index in [0.717, 1.165) is 0 Å². The van der Waals surface area contributed by atoms with Crippen LogP contribution in [0.15, 0.2) is 24.2 Å². The number of hydrogen-bond donors (Lipinski definition) is 0. The second-order valence-electron chi connectivity index (χ2n) is 1.47. The van der Waals surface area contributed by atoms with Gasteiger partial charge in [-0.05, 0) is 12.2 Å². The van der Waals surface area contributed by atoms with E-state index in [1.807, 2.05) is 0 Å². The molecular formula is C6H6O3. The van der Waals surface area contributed by atoms with Gasteiger partial charge in [-0.15, -0.1) is 0 Å². The molecule has 1 rings (SSSR count). The Kier molecular flexibility index (Phi) is 1.90. The van der Waals surface area contributed by atoms with Gasteiger partial charge < -0.3 is 9.47 Å². The minimum Gasteiger partial charge on any atom is -0.493 e. The zero-order valence-corrected chi connectivity index (χ0v) is 4.74. The van der Waals surface area contributed by atoms with Crippen LogP contribution in [-0.4, -0.2) is 13.1 Å². The third-order valence-electron chi connectivity index (χ3n) is 0.858. The fraction of sp³-hybridized carbons (Fsp3) is 0.167. The number of hydrogen-bond acceptors (Lipinski definition) is 3. The second-order valence-corrected chi connectivity index (χ2v) is 1.47. The van der Waals surface area contributed by atoms with Crippen LogP contribution in [0.5, 0.6) is 0 Å². The molecule has 0 aromatic heterocycles. The first-order valence-electron chi connectivity index (χ1n) is 2.52. The van der Waals surface area contributed by atoms with E-state index in [2.05, 4.69) is 4.74 Å². The second kappa shape index (κ2) is 2.91. The first-order valence-corrected chi connectivity index (χ1v) is 2.52. The summed E-state index contributed by atoms with van der Waals surface area (Å²) in [6.45, 7) is 0.913. The Balaban J connectivity index is 2.47. The zero-order chi connectivity index (χ0) is 6.53. The third-order valence-corrected chi connectivity index (χ3v) is 0.858. The summed E-state index contributed by atoms with van der Waals surface area (Å²) in [6.07, 6.45) is 4.84. The predicted molar refractivity (Wildman–Crippen MR) is 30.3 cm³/mol. The summed E-state index contributed by atoms with van der Waals surface area (Å²) in [5.41, 5.74) is 0. The minimum absolute atomic E-state index is 0.366. The Bertz CT molecular complexity index is 158. The van der Waals surface area contributed by atoms with Crippen LogP contribution in [0.2, 0.25) is 0 Å². The molecule has 0 N–H and O–H groups in total. The fourth-order valence-electron chi connectivity index (χ4n) is 0.512. The van der Waals surface area contributed by atoms with E-state index in [4.69, 9.17) is 4.74 Å². The summed E-state index contributed by atoms with van der Waals surface area (Å²) in [5.74, 6) is 0.441. The maximum Gasteiger partial charge on any atom is 0.298 e. The van der Waals surface area contributed by atoms with Crippen molar-refractivity contribution in [2.75, 3.05) is 6.61 Å². The zero-order valence-electron chi connectivity index (χ0n) is 4.74. The van der Waals surface area contributed by atoms with Crippen molar-refractivity contribution >= 4 is 6.47 Å². The molecule has 0 radical (unpaired) electrons. The van der Waals surface area contributed by atoms with Crippen LogP contribution in [0, 0.1) is 0 Å². The van der Waals surface area contributed by atoms with E-state index in [1.165, 1.54) is 6.26 Å². The van der Waals surface area contributed by atoms with Crippen molar-refractivity contribution < 1.29 is 14.3 Å². The summed E-state index contributed by atoms with van der Waals surface area (Å²) in [5, 5.41) is 0. The van der Waals surface area contributed by atoms with Crippen LogP contribution in [0.3, 0.4) is 0 Å². The normalized spacial score (nSPS) is 15.8. The Labute approximate surface area is 52.6 Å². The molecule has 0 amide bonds. The maximum atomic E-state index is 9.72. The van der Waals surface area contributed by atoms with E-state index in [9.17, 15) is 4.79 Å². The highest BCUT2D eigenvalue weighted by Crippen LogP contribution is 2.02. The van der Waals surface area contributed by atoms with Crippen molar-refractivity contribution in [1.29, 1.82) is 0 Å². The molecule has 0 saturated carbocycles. The Morgan fingerprint density at radius 3 is 3.22 bits per heavy atom. The molecule has 0 unspecified atom stereocenters. The smallest absolute Gasteiger partial charge is 0.298 e. The molecule has 0 bridgehead atoms. The largest absolute Gasteiger partial charge is 0.493 e. The highest BCUT2D eigenvalue weighted by Gasteiger charge is 1.95. The molecule has 3 heteroatoms. The van der Waals surface area contributed by atoms with Gasteiger partial charge in [-0.25, -0.2) is 0 Å². The molecule has 0 aliphatic carbocycles. The maximum absolute atomic E-state index is 9.72. The van der Waals surface area contributed by atoms with Crippen LogP contribution in [0.4, 0.5) is 0 Å². The lowest BCUT2D eigenvalue weighted by atomic mass is 10.4. The van der Waals surface area contributed by atoms with E-state index < -0.39 is 0 Å². The van der Waals surface area contributed by atoms with Gasteiger partial charge in [0.05, 0.1) is 0 Å². The molecular weight excluding hydrogens is 120 g/mol. The molecule has 0 fully saturated rings. The van der Waals surface area contributed by atoms with Gasteiger partial charge in [0.1, 0.15) is 12.9 Å². The van der Waals surface area contributed by atoms with Crippen LogP contribution in [0.25, 0.3) is 0 Å². The Morgan fingerprint density at radius 1 is 1.78 bits per heavy atom. The fourth-order valence-corrected chi connectivity index (χ4v) is 0.512. The molecule has 3 nitrogen and oxygen atoms in total. The van der Waals surface area contributed by atoms with Crippen molar-refractivity contribution in [2.45, 2.75) is 0 Å². The van der Waals surface area contributed by atoms with E-state index in [1.54, 1.807) is 12.2 Å². The molecule has 0 aromatic carbocycles. The first-order chi connectivity index (χ1) is 4.43. The number of carbonyl (C=O) groups is 1. The van der Waals surface area contributed by atoms with Gasteiger partial charge in [0, 0.05) is 0 Å². The number of rotatable bonds is 2. The lowest BCUT2D eigenvalue weighted by molar-refractivity contribution is -0.124. The number of carbonyl (C=O) groups excluding carboxylic acids is 1. The van der Waals surface area contributed by atoms with Gasteiger partial charge in [0.25, 0.3) is 6.47 Å². The highest BCUT2D eigenvalue weighted by atomic mass is 16.5. The molecule has 1 aliphatic heterocycles. The third kappa shape index (κ3) is 1.60. The van der Waals surface area contributed by atoms with Crippen molar-refractivity contribution in [3.05, 3.63) is 24.2 Å². The average Bonchev–Trinajstić information content (AvgIpc) is 1.91. The number of allylic oxidation sites excluding steroid dienone is 1. The van der Waals surface area contributed by atoms with Gasteiger partial charge >= 0.3 is 0 Å². The summed E-state index contributed by atoms with van der Waals surface area (Å²) in [4.78, 5) is 9.72. The van der Waals surface area contributed by atoms with E-state index >= 15 is 0 Å². The minimum atomic E-state index is 0.366. The molecule has 1 aliphatic rings. The van der Waals surface area contributed by atoms with Gasteiger partial charge in [0.15, 0.2) is 5.76 Å². The van der Waals surface area contributed by atoms with E-state index in [-0.39, 0.29) is 0 Å². The lowest BCUT2D eigenvalue weighted by Crippen LogP contribution is -1.94. The summed E-state index contributed by atoms with van der Waals surface area (Å²) in [6, 6.07) is 0. The average molecular weight is 126 g/mol. The van der Waals surface area contributed by atoms with Crippen LogP contribution >= 0.6 is 0 Å². The Morgan fingerprint density at radius 2 is 2.67 bits per heavy atom. The van der Waals surface area contributed by atoms with E-state index in [0.29, 0.717) is 18.8 Å². The molecule has 0 spiro atoms. The summed E-state index contributed by atoms with van der Waals surface area (Å²) in [7, 11) is 0. The standard InChI is InChI=1S/C6H6O3/c7-5-9-6-2-1-3-8-4-6/h1-2,4-5H,3H2. The molecule has 1 heterocycles. The number of ether oxygens (including phenoxy) is 2. The van der Waals surface area contributed by atoms with Crippen molar-refractivity contribution in [3.8, 4) is 0 Å². The molecule has 48 valence electrons. The molecule has 0 saturated heterocycles. The lowest BCUT2D eigenvalue weighted by Gasteiger charge is -2.03. The van der Waals surface area contributed by atoms with Gasteiger partial charge in [-0.2, -0.15) is 0 Å². The monoisotopic (exact) mass is 126 g/mol.